The van der Waals surface area contributed by atoms with Gasteiger partial charge in [-0.15, -0.1) is 0 Å². The van der Waals surface area contributed by atoms with E-state index in [0.29, 0.717) is 25.1 Å². The zero-order chi connectivity index (χ0) is 28.2. The number of nitrogens with two attached hydrogens (primary N) is 2. The van der Waals surface area contributed by atoms with Crippen LogP contribution in [0.15, 0.2) is 41.4 Å². The van der Waals surface area contributed by atoms with Crippen LogP contribution in [0.25, 0.3) is 10.8 Å². The maximum atomic E-state index is 14.0. The van der Waals surface area contributed by atoms with Gasteiger partial charge in [-0.2, -0.15) is 4.99 Å². The van der Waals surface area contributed by atoms with Crippen LogP contribution < -0.4 is 16.8 Å². The molecule has 1 atom stereocenters. The fourth-order valence-corrected chi connectivity index (χ4v) is 6.24. The van der Waals surface area contributed by atoms with Crippen molar-refractivity contribution < 1.29 is 19.1 Å². The van der Waals surface area contributed by atoms with Gasteiger partial charge in [0, 0.05) is 18.7 Å². The Hall–Kier alpha value is -3.46. The molecule has 0 bridgehead atoms. The zero-order valence-corrected chi connectivity index (χ0v) is 23.3. The molecule has 1 heterocycles. The van der Waals surface area contributed by atoms with Crippen molar-refractivity contribution in [3.63, 3.8) is 0 Å². The van der Waals surface area contributed by atoms with Crippen molar-refractivity contribution in [2.24, 2.45) is 22.4 Å². The topological polar surface area (TPSA) is 140 Å². The number of fused-ring (bicyclic) bond motifs is 1. The normalized spacial score (nSPS) is 20.7. The molecule has 210 valence electrons. The van der Waals surface area contributed by atoms with E-state index in [9.17, 15) is 14.4 Å². The minimum absolute atomic E-state index is 0.0641. The van der Waals surface area contributed by atoms with E-state index in [1.807, 2.05) is 36.4 Å². The van der Waals surface area contributed by atoms with Crippen LogP contribution in [0.1, 0.15) is 76.8 Å². The van der Waals surface area contributed by atoms with Crippen molar-refractivity contribution in [3.05, 3.63) is 47.5 Å². The monoisotopic (exact) mass is 535 g/mol. The lowest BCUT2D eigenvalue weighted by Crippen LogP contribution is -2.62. The number of hydrogen-bond acceptors (Lipinski definition) is 5. The molecular formula is C30H41N5O4. The molecule has 1 aliphatic heterocycles. The molecule has 5 N–H and O–H groups in total. The van der Waals surface area contributed by atoms with Gasteiger partial charge in [-0.25, -0.2) is 4.79 Å². The molecule has 9 nitrogen and oxygen atoms in total. The summed E-state index contributed by atoms with van der Waals surface area (Å²) in [5, 5.41) is 4.89. The first kappa shape index (κ1) is 28.5. The summed E-state index contributed by atoms with van der Waals surface area (Å²) >= 11 is 0. The summed E-state index contributed by atoms with van der Waals surface area (Å²) in [7, 11) is 0. The van der Waals surface area contributed by atoms with Gasteiger partial charge in [0.1, 0.15) is 17.0 Å². The maximum absolute atomic E-state index is 14.0. The van der Waals surface area contributed by atoms with Gasteiger partial charge >= 0.3 is 6.09 Å². The lowest BCUT2D eigenvalue weighted by atomic mass is 9.72. The molecule has 2 aromatic carbocycles. The van der Waals surface area contributed by atoms with E-state index >= 15 is 0 Å². The van der Waals surface area contributed by atoms with Gasteiger partial charge in [-0.3, -0.25) is 9.59 Å². The van der Waals surface area contributed by atoms with E-state index in [-0.39, 0.29) is 30.1 Å². The quantitative estimate of drug-likeness (QED) is 0.377. The number of nitrogens with zero attached hydrogens (tertiary/aromatic N) is 2. The van der Waals surface area contributed by atoms with Crippen molar-refractivity contribution in [1.82, 2.24) is 10.2 Å². The van der Waals surface area contributed by atoms with Gasteiger partial charge in [0.05, 0.1) is 6.54 Å². The highest BCUT2D eigenvalue weighted by Crippen LogP contribution is 2.43. The summed E-state index contributed by atoms with van der Waals surface area (Å²) in [5.41, 5.74) is 12.0. The second kappa shape index (κ2) is 11.7. The average molecular weight is 536 g/mol. The van der Waals surface area contributed by atoms with Gasteiger partial charge in [-0.1, -0.05) is 55.7 Å². The number of benzene rings is 2. The molecule has 39 heavy (non-hydrogen) atoms. The molecule has 9 heteroatoms. The minimum Gasteiger partial charge on any atom is -0.442 e. The molecule has 1 aliphatic carbocycles. The number of likely N-dealkylation sites (tertiary alicyclic amines) is 1. The van der Waals surface area contributed by atoms with Crippen LogP contribution in [0.4, 0.5) is 4.79 Å². The molecule has 0 unspecified atom stereocenters. The summed E-state index contributed by atoms with van der Waals surface area (Å²) in [5.74, 6) is -0.0722. The van der Waals surface area contributed by atoms with Gasteiger partial charge in [0.25, 0.3) is 0 Å². The van der Waals surface area contributed by atoms with Crippen LogP contribution in [-0.4, -0.2) is 52.9 Å². The van der Waals surface area contributed by atoms with Crippen molar-refractivity contribution in [1.29, 1.82) is 0 Å². The van der Waals surface area contributed by atoms with E-state index < -0.39 is 17.2 Å². The molecule has 1 saturated heterocycles. The third kappa shape index (κ3) is 6.08. The first-order valence-electron chi connectivity index (χ1n) is 13.9. The molecule has 1 saturated carbocycles. The molecular weight excluding hydrogens is 494 g/mol. The van der Waals surface area contributed by atoms with E-state index in [1.54, 1.807) is 25.7 Å². The number of ether oxygens (including phenoxy) is 1. The van der Waals surface area contributed by atoms with Gasteiger partial charge < -0.3 is 26.4 Å². The summed E-state index contributed by atoms with van der Waals surface area (Å²) in [6.07, 6.45) is 5.89. The Morgan fingerprint density at radius 2 is 1.74 bits per heavy atom. The van der Waals surface area contributed by atoms with E-state index in [1.165, 1.54) is 0 Å². The zero-order valence-electron chi connectivity index (χ0n) is 23.3. The smallest absolute Gasteiger partial charge is 0.436 e. The highest BCUT2D eigenvalue weighted by Gasteiger charge is 2.54. The van der Waals surface area contributed by atoms with Crippen LogP contribution in [-0.2, 0) is 20.9 Å². The fourth-order valence-electron chi connectivity index (χ4n) is 6.24. The predicted octanol–water partition coefficient (Wildman–Crippen LogP) is 4.00. The molecule has 0 radical (unpaired) electrons. The van der Waals surface area contributed by atoms with Crippen LogP contribution in [0.2, 0.25) is 0 Å². The van der Waals surface area contributed by atoms with Crippen LogP contribution in [0, 0.1) is 5.92 Å². The summed E-state index contributed by atoms with van der Waals surface area (Å²) < 4.78 is 5.28. The maximum Gasteiger partial charge on any atom is 0.436 e. The van der Waals surface area contributed by atoms with Crippen molar-refractivity contribution in [3.8, 4) is 0 Å². The molecule has 0 aromatic heterocycles. The summed E-state index contributed by atoms with van der Waals surface area (Å²) in [4.78, 5) is 44.8. The van der Waals surface area contributed by atoms with Crippen molar-refractivity contribution >= 4 is 34.5 Å². The van der Waals surface area contributed by atoms with Crippen molar-refractivity contribution in [2.75, 3.05) is 13.1 Å². The van der Waals surface area contributed by atoms with E-state index in [4.69, 9.17) is 16.2 Å². The number of carbonyl (C=O) groups excluding carboxylic acids is 3. The Kier molecular flexibility index (Phi) is 8.59. The molecule has 4 rings (SSSR count). The summed E-state index contributed by atoms with van der Waals surface area (Å²) in [6, 6.07) is 11.4. The van der Waals surface area contributed by atoms with Crippen LogP contribution in [0.5, 0.6) is 0 Å². The lowest BCUT2D eigenvalue weighted by Gasteiger charge is -2.44. The van der Waals surface area contributed by atoms with Crippen LogP contribution in [0.3, 0.4) is 0 Å². The molecule has 2 aliphatic rings. The minimum atomic E-state index is -0.850. The standard InChI is InChI=1S/C30H41N5O4/c1-29(2,3)39-28(38)34-26(32)24-15-14-20(22-12-7-8-13-23(22)24)19-33-27(37)30(21-10-5-4-6-11-21)16-9-17-35(30)25(36)18-31/h7-8,12-15,21H,4-6,9-11,16-19,31H2,1-3H3,(H,33,37)(H2,32,34,38)/t30-/m1/s1. The molecule has 2 fully saturated rings. The number of carbonyl (C=O) groups is 3. The van der Waals surface area contributed by atoms with E-state index in [2.05, 4.69) is 10.3 Å². The fraction of sp³-hybridized carbons (Fsp3) is 0.533. The summed E-state index contributed by atoms with van der Waals surface area (Å²) in [6.45, 7) is 6.06. The molecule has 2 aromatic rings. The predicted molar refractivity (Wildman–Crippen MR) is 152 cm³/mol. The van der Waals surface area contributed by atoms with E-state index in [0.717, 1.165) is 54.9 Å². The Morgan fingerprint density at radius 1 is 1.05 bits per heavy atom. The van der Waals surface area contributed by atoms with Crippen LogP contribution >= 0.6 is 0 Å². The van der Waals surface area contributed by atoms with Gasteiger partial charge in [0.2, 0.25) is 11.8 Å². The number of nitrogens with one attached hydrogen (secondary N) is 1. The Bertz CT molecular complexity index is 1260. The second-order valence-corrected chi connectivity index (χ2v) is 11.6. The molecule has 0 spiro atoms. The first-order chi connectivity index (χ1) is 18.6. The number of hydrogen-bond donors (Lipinski definition) is 3. The Morgan fingerprint density at radius 3 is 2.41 bits per heavy atom. The van der Waals surface area contributed by atoms with Gasteiger partial charge in [0.15, 0.2) is 0 Å². The second-order valence-electron chi connectivity index (χ2n) is 11.6. The number of amidine groups is 1. The third-order valence-corrected chi connectivity index (χ3v) is 7.91. The Labute approximate surface area is 230 Å². The highest BCUT2D eigenvalue weighted by atomic mass is 16.6. The SMILES string of the molecule is CC(C)(C)OC(=O)N=C(N)c1ccc(CNC(=O)[C@]2(C3CCCCC3)CCCN2C(=O)CN)c2ccccc12. The molecule has 3 amide bonds. The third-order valence-electron chi connectivity index (χ3n) is 7.91. The van der Waals surface area contributed by atoms with Gasteiger partial charge in [-0.05, 0) is 68.7 Å². The highest BCUT2D eigenvalue weighted by molar-refractivity contribution is 6.12. The largest absolute Gasteiger partial charge is 0.442 e. The number of aliphatic imine (C=N–C) groups is 1. The Balaban J connectivity index is 1.61. The number of rotatable bonds is 6. The lowest BCUT2D eigenvalue weighted by molar-refractivity contribution is -0.148. The first-order valence-corrected chi connectivity index (χ1v) is 13.9. The number of amides is 3. The average Bonchev–Trinajstić information content (AvgIpc) is 3.36. The van der Waals surface area contributed by atoms with Crippen molar-refractivity contribution in [2.45, 2.75) is 83.4 Å².